The second kappa shape index (κ2) is 20.6. The SMILES string of the molecule is C=C1C=C(C(/C=C/NC=NC)NC(=O)OC(C)(C)CC)c2cc(Cl)ccc2C(N2CCN(C(=O)OCC(C)(C)C)CC2)C1.C=CN.CC. The summed E-state index contributed by atoms with van der Waals surface area (Å²) in [7, 11) is 1.67. The van der Waals surface area contributed by atoms with E-state index in [9.17, 15) is 9.59 Å². The first-order chi connectivity index (χ1) is 22.6. The van der Waals surface area contributed by atoms with Crippen LogP contribution in [-0.2, 0) is 9.47 Å². The lowest BCUT2D eigenvalue weighted by atomic mass is 9.91. The number of hydrogen-bond donors (Lipinski definition) is 3. The zero-order chi connectivity index (χ0) is 36.5. The van der Waals surface area contributed by atoms with Gasteiger partial charge in [-0.05, 0) is 73.2 Å². The number of aliphatic imine (C=N–C) groups is 1. The van der Waals surface area contributed by atoms with Crippen LogP contribution in [0.25, 0.3) is 5.57 Å². The number of alkyl carbamates (subject to hydrolysis) is 1. The zero-order valence-corrected chi connectivity index (χ0v) is 31.3. The van der Waals surface area contributed by atoms with Crippen LogP contribution >= 0.6 is 11.6 Å². The summed E-state index contributed by atoms with van der Waals surface area (Å²) in [6.45, 7) is 26.3. The normalized spacial score (nSPS) is 17.5. The van der Waals surface area contributed by atoms with Crippen LogP contribution in [0.1, 0.15) is 85.4 Å². The monoisotopic (exact) mass is 686 g/mol. The molecule has 1 aliphatic carbocycles. The Kier molecular flexibility index (Phi) is 18.1. The number of ether oxygens (including phenoxy) is 2. The molecular weight excluding hydrogens is 628 g/mol. The van der Waals surface area contributed by atoms with E-state index < -0.39 is 17.7 Å². The zero-order valence-electron chi connectivity index (χ0n) is 30.6. The number of halogens is 1. The molecule has 1 aliphatic heterocycles. The summed E-state index contributed by atoms with van der Waals surface area (Å²) in [4.78, 5) is 33.9. The van der Waals surface area contributed by atoms with Crippen molar-refractivity contribution in [3.63, 3.8) is 0 Å². The maximum absolute atomic E-state index is 13.1. The van der Waals surface area contributed by atoms with Crippen LogP contribution < -0.4 is 16.4 Å². The van der Waals surface area contributed by atoms with E-state index in [1.165, 1.54) is 6.20 Å². The van der Waals surface area contributed by atoms with Crippen molar-refractivity contribution < 1.29 is 19.1 Å². The summed E-state index contributed by atoms with van der Waals surface area (Å²) in [6, 6.07) is 5.37. The van der Waals surface area contributed by atoms with Crippen molar-refractivity contribution >= 4 is 35.7 Å². The standard InChI is InChI=1S/C33H48ClN5O4.C2H5N.C2H6/c1-9-33(6,7)43-30(40)37-28(12-13-36-22-35-8)27-18-23(2)19-29(25-11-10-24(34)20-26(25)27)38-14-16-39(17-15-38)31(41)42-21-32(3,4)5;1-2-3;1-2/h10-13,18,20,22,28-29H,2,9,14-17,19,21H2,1,3-8H3,(H,35,36)(H,37,40);2H,1,3H2;1-2H3/b13-12+;;. The highest BCUT2D eigenvalue weighted by molar-refractivity contribution is 6.30. The Morgan fingerprint density at radius 1 is 1.17 bits per heavy atom. The summed E-state index contributed by atoms with van der Waals surface area (Å²) < 4.78 is 11.3. The minimum absolute atomic E-state index is 0.0159. The van der Waals surface area contributed by atoms with Crippen LogP contribution in [0, 0.1) is 5.41 Å². The average molecular weight is 687 g/mol. The van der Waals surface area contributed by atoms with E-state index in [1.807, 2.05) is 79.7 Å². The third-order valence-corrected chi connectivity index (χ3v) is 7.79. The van der Waals surface area contributed by atoms with Gasteiger partial charge in [-0.15, -0.1) is 0 Å². The quantitative estimate of drug-likeness (QED) is 0.180. The van der Waals surface area contributed by atoms with Crippen molar-refractivity contribution in [2.24, 2.45) is 16.1 Å². The first-order valence-electron chi connectivity index (χ1n) is 16.6. The molecule has 10 nitrogen and oxygen atoms in total. The fourth-order valence-electron chi connectivity index (χ4n) is 4.93. The number of rotatable bonds is 9. The van der Waals surface area contributed by atoms with Crippen molar-refractivity contribution in [1.29, 1.82) is 0 Å². The summed E-state index contributed by atoms with van der Waals surface area (Å²) in [5.74, 6) is 0. The molecular formula is C37H59ClN6O4. The maximum Gasteiger partial charge on any atom is 0.409 e. The van der Waals surface area contributed by atoms with E-state index in [2.05, 4.69) is 45.5 Å². The molecule has 268 valence electrons. The minimum atomic E-state index is -0.611. The van der Waals surface area contributed by atoms with Crippen molar-refractivity contribution in [2.75, 3.05) is 39.8 Å². The first-order valence-corrected chi connectivity index (χ1v) is 17.0. The highest BCUT2D eigenvalue weighted by atomic mass is 35.5. The van der Waals surface area contributed by atoms with E-state index >= 15 is 0 Å². The minimum Gasteiger partial charge on any atom is -0.449 e. The number of carbonyl (C=O) groups excluding carboxylic acids is 2. The molecule has 0 saturated carbocycles. The average Bonchev–Trinajstić information content (AvgIpc) is 3.18. The predicted octanol–water partition coefficient (Wildman–Crippen LogP) is 7.68. The van der Waals surface area contributed by atoms with Crippen molar-refractivity contribution in [3.05, 3.63) is 77.6 Å². The van der Waals surface area contributed by atoms with Gasteiger partial charge in [-0.2, -0.15) is 0 Å². The van der Waals surface area contributed by atoms with Gasteiger partial charge in [0.15, 0.2) is 0 Å². The summed E-state index contributed by atoms with van der Waals surface area (Å²) in [5.41, 5.74) is 7.71. The number of amides is 2. The molecule has 48 heavy (non-hydrogen) atoms. The molecule has 1 aromatic rings. The Labute approximate surface area is 294 Å². The number of benzene rings is 1. The number of allylic oxidation sites excluding steroid dienone is 1. The van der Waals surface area contributed by atoms with Crippen LogP contribution in [0.3, 0.4) is 0 Å². The third-order valence-electron chi connectivity index (χ3n) is 7.56. The molecule has 4 N–H and O–H groups in total. The van der Waals surface area contributed by atoms with Gasteiger partial charge in [0.2, 0.25) is 0 Å². The molecule has 2 atom stereocenters. The van der Waals surface area contributed by atoms with Gasteiger partial charge in [0.25, 0.3) is 0 Å². The van der Waals surface area contributed by atoms with Gasteiger partial charge in [0, 0.05) is 50.5 Å². The number of hydrogen-bond acceptors (Lipinski definition) is 7. The topological polar surface area (TPSA) is 122 Å². The number of nitrogens with two attached hydrogens (primary N) is 1. The van der Waals surface area contributed by atoms with Gasteiger partial charge in [-0.25, -0.2) is 9.59 Å². The Morgan fingerprint density at radius 2 is 1.79 bits per heavy atom. The van der Waals surface area contributed by atoms with E-state index in [1.54, 1.807) is 24.5 Å². The molecule has 0 radical (unpaired) electrons. The lowest BCUT2D eigenvalue weighted by Crippen LogP contribution is -2.50. The van der Waals surface area contributed by atoms with Gasteiger partial charge in [-0.1, -0.05) is 84.0 Å². The van der Waals surface area contributed by atoms with Crippen LogP contribution in [0.4, 0.5) is 9.59 Å². The summed E-state index contributed by atoms with van der Waals surface area (Å²) in [6.07, 6.45) is 9.02. The van der Waals surface area contributed by atoms with Crippen LogP contribution in [-0.4, -0.2) is 79.8 Å². The molecule has 1 aromatic carbocycles. The Hall–Kier alpha value is -3.76. The summed E-state index contributed by atoms with van der Waals surface area (Å²) in [5, 5.41) is 6.63. The van der Waals surface area contributed by atoms with E-state index in [4.69, 9.17) is 21.1 Å². The number of nitrogens with one attached hydrogen (secondary N) is 2. The number of nitrogens with zero attached hydrogens (tertiary/aromatic N) is 3. The van der Waals surface area contributed by atoms with Gasteiger partial charge in [0.1, 0.15) is 5.60 Å². The van der Waals surface area contributed by atoms with E-state index in [0.717, 1.165) is 22.3 Å². The Morgan fingerprint density at radius 3 is 2.35 bits per heavy atom. The van der Waals surface area contributed by atoms with Gasteiger partial charge < -0.3 is 30.7 Å². The molecule has 2 aliphatic rings. The van der Waals surface area contributed by atoms with Crippen LogP contribution in [0.5, 0.6) is 0 Å². The highest BCUT2D eigenvalue weighted by Gasteiger charge is 2.33. The Bertz CT molecular complexity index is 1290. The molecule has 1 fully saturated rings. The van der Waals surface area contributed by atoms with E-state index in [-0.39, 0.29) is 17.6 Å². The molecule has 0 bridgehead atoms. The van der Waals surface area contributed by atoms with Gasteiger partial charge in [0.05, 0.1) is 19.0 Å². The lowest BCUT2D eigenvalue weighted by Gasteiger charge is -2.39. The number of carbonyl (C=O) groups is 2. The molecule has 11 heteroatoms. The smallest absolute Gasteiger partial charge is 0.409 e. The lowest BCUT2D eigenvalue weighted by molar-refractivity contribution is 0.0360. The van der Waals surface area contributed by atoms with Crippen molar-refractivity contribution in [2.45, 2.75) is 85.9 Å². The predicted molar refractivity (Wildman–Crippen MR) is 200 cm³/mol. The van der Waals surface area contributed by atoms with Crippen LogP contribution in [0.2, 0.25) is 5.02 Å². The number of piperazine rings is 1. The first kappa shape index (κ1) is 42.3. The fraction of sp³-hybridized carbons (Fsp3) is 0.541. The van der Waals surface area contributed by atoms with Crippen molar-refractivity contribution in [3.8, 4) is 0 Å². The molecule has 3 rings (SSSR count). The molecule has 0 spiro atoms. The van der Waals surface area contributed by atoms with Gasteiger partial charge in [-0.3, -0.25) is 9.89 Å². The second-order valence-corrected chi connectivity index (χ2v) is 13.6. The van der Waals surface area contributed by atoms with Crippen LogP contribution in [0.15, 0.2) is 66.5 Å². The number of fused-ring (bicyclic) bond motifs is 1. The largest absolute Gasteiger partial charge is 0.449 e. The molecule has 1 saturated heterocycles. The molecule has 2 unspecified atom stereocenters. The van der Waals surface area contributed by atoms with Crippen molar-refractivity contribution in [1.82, 2.24) is 20.4 Å². The molecule has 2 amide bonds. The maximum atomic E-state index is 13.1. The summed E-state index contributed by atoms with van der Waals surface area (Å²) >= 11 is 6.56. The van der Waals surface area contributed by atoms with Gasteiger partial charge >= 0.3 is 12.2 Å². The van der Waals surface area contributed by atoms with E-state index in [0.29, 0.717) is 50.7 Å². The Balaban J connectivity index is 0.00000218. The molecule has 0 aromatic heterocycles. The highest BCUT2D eigenvalue weighted by Crippen LogP contribution is 2.40. The molecule has 1 heterocycles. The third kappa shape index (κ3) is 14.2. The fourth-order valence-corrected chi connectivity index (χ4v) is 5.10. The second-order valence-electron chi connectivity index (χ2n) is 13.1.